The third kappa shape index (κ3) is 8.50. The Morgan fingerprint density at radius 2 is 2.00 bits per heavy atom. The Balaban J connectivity index is 3.78. The molecule has 0 unspecified atom stereocenters. The molecule has 0 rings (SSSR count). The summed E-state index contributed by atoms with van der Waals surface area (Å²) in [7, 11) is 3.92. The van der Waals surface area contributed by atoms with E-state index in [1.165, 1.54) is 0 Å². The number of nitrogens with one attached hydrogen (secondary N) is 2. The molecule has 0 aromatic carbocycles. The van der Waals surface area contributed by atoms with Gasteiger partial charge in [0, 0.05) is 6.54 Å². The molecule has 0 saturated carbocycles. The zero-order valence-corrected chi connectivity index (χ0v) is 10.8. The number of nitrogens with zero attached hydrogens (tertiary/aromatic N) is 1. The number of hydrogen-bond donors (Lipinski definition) is 3. The first-order chi connectivity index (χ1) is 7.97. The molecule has 0 fully saturated rings. The van der Waals surface area contributed by atoms with Crippen LogP contribution in [0.5, 0.6) is 0 Å². The number of aliphatic carboxylic acids is 1. The first-order valence-corrected chi connectivity index (χ1v) is 5.89. The number of carboxylic acid groups (broad SMARTS) is 1. The molecule has 0 aliphatic rings. The van der Waals surface area contributed by atoms with Gasteiger partial charge in [-0.2, -0.15) is 0 Å². The van der Waals surface area contributed by atoms with Crippen molar-refractivity contribution < 1.29 is 14.7 Å². The van der Waals surface area contributed by atoms with Gasteiger partial charge in [-0.25, -0.2) is 9.59 Å². The van der Waals surface area contributed by atoms with Crippen molar-refractivity contribution in [1.82, 2.24) is 15.5 Å². The minimum absolute atomic E-state index is 0.412. The molecule has 0 bridgehead atoms. The topological polar surface area (TPSA) is 81.7 Å². The second-order valence-corrected chi connectivity index (χ2v) is 4.24. The molecule has 6 nitrogen and oxygen atoms in total. The summed E-state index contributed by atoms with van der Waals surface area (Å²) in [5, 5.41) is 13.9. The van der Waals surface area contributed by atoms with E-state index in [1.807, 2.05) is 25.9 Å². The van der Waals surface area contributed by atoms with Crippen LogP contribution in [0.4, 0.5) is 4.79 Å². The van der Waals surface area contributed by atoms with E-state index in [1.54, 1.807) is 0 Å². The predicted molar refractivity (Wildman–Crippen MR) is 66.0 cm³/mol. The lowest BCUT2D eigenvalue weighted by molar-refractivity contribution is -0.139. The van der Waals surface area contributed by atoms with Crippen LogP contribution in [-0.4, -0.2) is 55.2 Å². The van der Waals surface area contributed by atoms with Crippen LogP contribution in [0.2, 0.25) is 0 Å². The molecule has 0 saturated heterocycles. The van der Waals surface area contributed by atoms with E-state index in [-0.39, 0.29) is 0 Å². The first kappa shape index (κ1) is 15.7. The van der Waals surface area contributed by atoms with E-state index in [2.05, 4.69) is 10.6 Å². The highest BCUT2D eigenvalue weighted by molar-refractivity contribution is 5.82. The molecule has 17 heavy (non-hydrogen) atoms. The van der Waals surface area contributed by atoms with Crippen LogP contribution in [0.3, 0.4) is 0 Å². The van der Waals surface area contributed by atoms with Gasteiger partial charge in [0.25, 0.3) is 0 Å². The van der Waals surface area contributed by atoms with E-state index in [0.717, 1.165) is 19.4 Å². The second-order valence-electron chi connectivity index (χ2n) is 4.24. The monoisotopic (exact) mass is 245 g/mol. The Labute approximate surface area is 102 Å². The fraction of sp³-hybridized carbons (Fsp3) is 0.818. The Hall–Kier alpha value is -1.30. The van der Waals surface area contributed by atoms with E-state index < -0.39 is 18.0 Å². The largest absolute Gasteiger partial charge is 0.480 e. The van der Waals surface area contributed by atoms with Crippen LogP contribution in [-0.2, 0) is 4.79 Å². The lowest BCUT2D eigenvalue weighted by Gasteiger charge is -2.15. The van der Waals surface area contributed by atoms with Crippen molar-refractivity contribution in [2.75, 3.05) is 27.2 Å². The van der Waals surface area contributed by atoms with Gasteiger partial charge in [0.1, 0.15) is 6.04 Å². The second kappa shape index (κ2) is 8.81. The maximum Gasteiger partial charge on any atom is 0.326 e. The van der Waals surface area contributed by atoms with Gasteiger partial charge in [0.2, 0.25) is 0 Å². The SMILES string of the molecule is CCC[C@@H](NC(=O)NCCCN(C)C)C(=O)O. The Morgan fingerprint density at radius 1 is 1.35 bits per heavy atom. The molecule has 6 heteroatoms. The molecule has 0 radical (unpaired) electrons. The van der Waals surface area contributed by atoms with Gasteiger partial charge in [0.05, 0.1) is 0 Å². The van der Waals surface area contributed by atoms with Crippen LogP contribution in [0.25, 0.3) is 0 Å². The van der Waals surface area contributed by atoms with Gasteiger partial charge >= 0.3 is 12.0 Å². The van der Waals surface area contributed by atoms with Crippen LogP contribution < -0.4 is 10.6 Å². The Kier molecular flexibility index (Phi) is 8.13. The van der Waals surface area contributed by atoms with Crippen LogP contribution in [0, 0.1) is 0 Å². The molecular weight excluding hydrogens is 222 g/mol. The van der Waals surface area contributed by atoms with E-state index in [9.17, 15) is 9.59 Å². The third-order valence-electron chi connectivity index (χ3n) is 2.25. The highest BCUT2D eigenvalue weighted by Crippen LogP contribution is 1.96. The van der Waals surface area contributed by atoms with Crippen LogP contribution in [0.1, 0.15) is 26.2 Å². The number of urea groups is 1. The molecule has 3 N–H and O–H groups in total. The molecule has 0 aliphatic carbocycles. The number of amides is 2. The number of carbonyl (C=O) groups excluding carboxylic acids is 1. The van der Waals surface area contributed by atoms with Crippen molar-refractivity contribution in [1.29, 1.82) is 0 Å². The van der Waals surface area contributed by atoms with Gasteiger partial charge in [-0.05, 0) is 33.5 Å². The molecule has 0 aromatic rings. The molecule has 2 amide bonds. The molecule has 100 valence electrons. The molecule has 0 heterocycles. The van der Waals surface area contributed by atoms with E-state index in [0.29, 0.717) is 13.0 Å². The standard InChI is InChI=1S/C11H23N3O3/c1-4-6-9(10(15)16)13-11(17)12-7-5-8-14(2)3/h9H,4-8H2,1-3H3,(H,15,16)(H2,12,13,17)/t9-/m1/s1. The van der Waals surface area contributed by atoms with Crippen molar-refractivity contribution in [3.63, 3.8) is 0 Å². The van der Waals surface area contributed by atoms with E-state index >= 15 is 0 Å². The lowest BCUT2D eigenvalue weighted by atomic mass is 10.2. The Morgan fingerprint density at radius 3 is 2.47 bits per heavy atom. The van der Waals surface area contributed by atoms with Crippen molar-refractivity contribution in [3.05, 3.63) is 0 Å². The third-order valence-corrected chi connectivity index (χ3v) is 2.25. The summed E-state index contributed by atoms with van der Waals surface area (Å²) in [6, 6.07) is -1.21. The summed E-state index contributed by atoms with van der Waals surface area (Å²) < 4.78 is 0. The quantitative estimate of drug-likeness (QED) is 0.544. The smallest absolute Gasteiger partial charge is 0.326 e. The van der Waals surface area contributed by atoms with Crippen molar-refractivity contribution >= 4 is 12.0 Å². The molecule has 0 aliphatic heterocycles. The lowest BCUT2D eigenvalue weighted by Crippen LogP contribution is -2.46. The molecule has 1 atom stereocenters. The highest BCUT2D eigenvalue weighted by atomic mass is 16.4. The summed E-state index contributed by atoms with van der Waals surface area (Å²) >= 11 is 0. The normalized spacial score (nSPS) is 12.2. The fourth-order valence-electron chi connectivity index (χ4n) is 1.35. The summed E-state index contributed by atoms with van der Waals surface area (Å²) in [5.41, 5.74) is 0. The highest BCUT2D eigenvalue weighted by Gasteiger charge is 2.18. The number of hydrogen-bond acceptors (Lipinski definition) is 3. The summed E-state index contributed by atoms with van der Waals surface area (Å²) in [6.45, 7) is 3.31. The number of carbonyl (C=O) groups is 2. The average molecular weight is 245 g/mol. The maximum absolute atomic E-state index is 11.4. The Bertz CT molecular complexity index is 244. The average Bonchev–Trinajstić information content (AvgIpc) is 2.23. The molecule has 0 aromatic heterocycles. The minimum atomic E-state index is -0.990. The van der Waals surface area contributed by atoms with Gasteiger partial charge in [-0.15, -0.1) is 0 Å². The fourth-order valence-corrected chi connectivity index (χ4v) is 1.35. The maximum atomic E-state index is 11.4. The van der Waals surface area contributed by atoms with Gasteiger partial charge < -0.3 is 20.6 Å². The number of rotatable bonds is 8. The summed E-state index contributed by atoms with van der Waals surface area (Å²) in [5.74, 6) is -0.990. The molecule has 0 spiro atoms. The van der Waals surface area contributed by atoms with Gasteiger partial charge in [-0.1, -0.05) is 13.3 Å². The van der Waals surface area contributed by atoms with E-state index in [4.69, 9.17) is 5.11 Å². The zero-order chi connectivity index (χ0) is 13.3. The van der Waals surface area contributed by atoms with Crippen LogP contribution >= 0.6 is 0 Å². The number of carboxylic acids is 1. The summed E-state index contributed by atoms with van der Waals surface area (Å²) in [4.78, 5) is 24.2. The predicted octanol–water partition coefficient (Wildman–Crippen LogP) is 0.491. The van der Waals surface area contributed by atoms with Crippen molar-refractivity contribution in [2.45, 2.75) is 32.2 Å². The van der Waals surface area contributed by atoms with Gasteiger partial charge in [0.15, 0.2) is 0 Å². The molecular formula is C11H23N3O3. The minimum Gasteiger partial charge on any atom is -0.480 e. The van der Waals surface area contributed by atoms with Crippen LogP contribution in [0.15, 0.2) is 0 Å². The van der Waals surface area contributed by atoms with Gasteiger partial charge in [-0.3, -0.25) is 0 Å². The summed E-state index contributed by atoms with van der Waals surface area (Å²) in [6.07, 6.45) is 2.00. The van der Waals surface area contributed by atoms with Crippen molar-refractivity contribution in [3.8, 4) is 0 Å². The zero-order valence-electron chi connectivity index (χ0n) is 10.8. The first-order valence-electron chi connectivity index (χ1n) is 5.89. The van der Waals surface area contributed by atoms with Crippen molar-refractivity contribution in [2.24, 2.45) is 0 Å².